The van der Waals surface area contributed by atoms with Crippen molar-refractivity contribution in [3.8, 4) is 16.9 Å². The minimum absolute atomic E-state index is 0.215. The first-order valence-corrected chi connectivity index (χ1v) is 10.8. The van der Waals surface area contributed by atoms with Gasteiger partial charge in [0.05, 0.1) is 17.5 Å². The van der Waals surface area contributed by atoms with E-state index in [0.29, 0.717) is 12.6 Å². The Morgan fingerprint density at radius 2 is 2.11 bits per heavy atom. The highest BCUT2D eigenvalue weighted by molar-refractivity contribution is 7.80. The molecule has 3 aliphatic heterocycles. The summed E-state index contributed by atoms with van der Waals surface area (Å²) in [5, 5.41) is 3.47. The van der Waals surface area contributed by atoms with Crippen LogP contribution in [0.3, 0.4) is 0 Å². The fourth-order valence-corrected chi connectivity index (χ4v) is 5.36. The summed E-state index contributed by atoms with van der Waals surface area (Å²) in [6.45, 7) is 5.01. The van der Waals surface area contributed by atoms with E-state index in [0.717, 1.165) is 35.0 Å². The first-order chi connectivity index (χ1) is 13.7. The molecular formula is C24H26N2OS. The molecule has 2 unspecified atom stereocenters. The van der Waals surface area contributed by atoms with E-state index in [2.05, 4.69) is 46.6 Å². The molecule has 1 N–H and O–H groups in total. The molecule has 1 fully saturated rings. The van der Waals surface area contributed by atoms with Crippen molar-refractivity contribution in [2.75, 3.05) is 25.0 Å². The van der Waals surface area contributed by atoms with Crippen molar-refractivity contribution in [3.63, 3.8) is 0 Å². The summed E-state index contributed by atoms with van der Waals surface area (Å²) < 4.78 is 5.86. The van der Waals surface area contributed by atoms with Gasteiger partial charge in [-0.05, 0) is 62.1 Å². The Morgan fingerprint density at radius 1 is 1.21 bits per heavy atom. The van der Waals surface area contributed by atoms with Crippen molar-refractivity contribution in [1.82, 2.24) is 4.90 Å². The van der Waals surface area contributed by atoms with Crippen LogP contribution in [0.5, 0.6) is 5.75 Å². The Balaban J connectivity index is 1.52. The molecule has 1 saturated heterocycles. The second-order valence-electron chi connectivity index (χ2n) is 7.93. The third-order valence-corrected chi connectivity index (χ3v) is 6.65. The molecule has 0 aromatic heterocycles. The number of hydrogen-bond acceptors (Lipinski definition) is 3. The highest BCUT2D eigenvalue weighted by Crippen LogP contribution is 2.44. The number of nitrogens with one attached hydrogen (secondary N) is 1. The van der Waals surface area contributed by atoms with Gasteiger partial charge in [-0.1, -0.05) is 48.1 Å². The van der Waals surface area contributed by atoms with Crippen molar-refractivity contribution in [3.05, 3.63) is 59.7 Å². The van der Waals surface area contributed by atoms with Gasteiger partial charge in [-0.2, -0.15) is 0 Å². The van der Waals surface area contributed by atoms with Gasteiger partial charge in [0.15, 0.2) is 0 Å². The number of anilines is 1. The predicted octanol–water partition coefficient (Wildman–Crippen LogP) is 5.38. The monoisotopic (exact) mass is 390 g/mol. The van der Waals surface area contributed by atoms with Crippen LogP contribution >= 0.6 is 12.2 Å². The number of hydrogen-bond donors (Lipinski definition) is 1. The molecule has 3 nitrogen and oxygen atoms in total. The Bertz CT molecular complexity index is 951. The summed E-state index contributed by atoms with van der Waals surface area (Å²) >= 11 is 5.78. The fourth-order valence-electron chi connectivity index (χ4n) is 4.98. The second-order valence-corrected chi connectivity index (χ2v) is 8.37. The lowest BCUT2D eigenvalue weighted by Crippen LogP contribution is -2.34. The maximum Gasteiger partial charge on any atom is 0.127 e. The Kier molecular flexibility index (Phi) is 4.69. The molecule has 2 aromatic carbocycles. The van der Waals surface area contributed by atoms with E-state index in [1.807, 2.05) is 19.1 Å². The van der Waals surface area contributed by atoms with Crippen molar-refractivity contribution in [2.45, 2.75) is 38.1 Å². The molecular weight excluding hydrogens is 364 g/mol. The van der Waals surface area contributed by atoms with E-state index in [1.54, 1.807) is 0 Å². The van der Waals surface area contributed by atoms with Gasteiger partial charge in [-0.25, -0.2) is 0 Å². The van der Waals surface area contributed by atoms with Gasteiger partial charge in [-0.3, -0.25) is 4.90 Å². The van der Waals surface area contributed by atoms with Crippen LogP contribution in [0, 0.1) is 0 Å². The standard InChI is InChI=1S/C24H26N2OS/c1-2-27-22-8-4-3-7-19(22)16-9-10-21-20(15-16)23(24(28)25-21)17-11-13-26-12-5-6-18(26)14-17/h3-4,7-11,15,18,23H,2,5-6,12-14H2,1H3,(H,25,28). The summed E-state index contributed by atoms with van der Waals surface area (Å²) in [5.74, 6) is 1.15. The predicted molar refractivity (Wildman–Crippen MR) is 119 cm³/mol. The molecule has 0 amide bonds. The van der Waals surface area contributed by atoms with Gasteiger partial charge in [-0.15, -0.1) is 0 Å². The number of para-hydroxylation sites is 1. The van der Waals surface area contributed by atoms with E-state index in [-0.39, 0.29) is 5.92 Å². The van der Waals surface area contributed by atoms with Crippen molar-refractivity contribution in [1.29, 1.82) is 0 Å². The molecule has 4 heteroatoms. The van der Waals surface area contributed by atoms with Crippen LogP contribution in [0.25, 0.3) is 11.1 Å². The zero-order chi connectivity index (χ0) is 19.1. The highest BCUT2D eigenvalue weighted by atomic mass is 32.1. The average Bonchev–Trinajstić information content (AvgIpc) is 3.30. The van der Waals surface area contributed by atoms with E-state index < -0.39 is 0 Å². The topological polar surface area (TPSA) is 24.5 Å². The molecule has 0 radical (unpaired) electrons. The minimum Gasteiger partial charge on any atom is -0.493 e. The van der Waals surface area contributed by atoms with Crippen molar-refractivity contribution in [2.24, 2.45) is 0 Å². The SMILES string of the molecule is CCOc1ccccc1-c1ccc2c(c1)C(C1=CCN3CCCC3C1)C(=S)N2. The average molecular weight is 391 g/mol. The summed E-state index contributed by atoms with van der Waals surface area (Å²) in [5.41, 5.74) is 6.30. The maximum atomic E-state index is 5.86. The summed E-state index contributed by atoms with van der Waals surface area (Å²) in [6, 6.07) is 15.6. The van der Waals surface area contributed by atoms with E-state index in [9.17, 15) is 0 Å². The molecule has 0 saturated carbocycles. The molecule has 0 bridgehead atoms. The smallest absolute Gasteiger partial charge is 0.127 e. The molecule has 2 aromatic rings. The molecule has 3 heterocycles. The third kappa shape index (κ3) is 3.05. The Morgan fingerprint density at radius 3 is 3.00 bits per heavy atom. The molecule has 28 heavy (non-hydrogen) atoms. The van der Waals surface area contributed by atoms with Crippen LogP contribution in [0.1, 0.15) is 37.7 Å². The normalized spacial score (nSPS) is 23.8. The number of fused-ring (bicyclic) bond motifs is 2. The van der Waals surface area contributed by atoms with Crippen molar-refractivity contribution >= 4 is 22.9 Å². The van der Waals surface area contributed by atoms with E-state index in [1.165, 1.54) is 36.1 Å². The third-order valence-electron chi connectivity index (χ3n) is 6.31. The number of rotatable bonds is 4. The van der Waals surface area contributed by atoms with Gasteiger partial charge in [0.25, 0.3) is 0 Å². The van der Waals surface area contributed by atoms with Crippen LogP contribution in [-0.2, 0) is 0 Å². The molecule has 3 aliphatic rings. The van der Waals surface area contributed by atoms with Crippen LogP contribution < -0.4 is 10.1 Å². The van der Waals surface area contributed by atoms with Gasteiger partial charge >= 0.3 is 0 Å². The van der Waals surface area contributed by atoms with Gasteiger partial charge < -0.3 is 10.1 Å². The first kappa shape index (κ1) is 17.9. The number of nitrogens with zero attached hydrogens (tertiary/aromatic N) is 1. The van der Waals surface area contributed by atoms with Gasteiger partial charge in [0.1, 0.15) is 5.75 Å². The first-order valence-electron chi connectivity index (χ1n) is 10.3. The summed E-state index contributed by atoms with van der Waals surface area (Å²) in [7, 11) is 0. The Hall–Kier alpha value is -2.17. The van der Waals surface area contributed by atoms with E-state index >= 15 is 0 Å². The number of ether oxygens (including phenoxy) is 1. The van der Waals surface area contributed by atoms with Crippen LogP contribution in [-0.4, -0.2) is 35.6 Å². The lowest BCUT2D eigenvalue weighted by molar-refractivity contribution is 0.263. The lowest BCUT2D eigenvalue weighted by Gasteiger charge is -2.31. The summed E-state index contributed by atoms with van der Waals surface area (Å²) in [4.78, 5) is 3.56. The van der Waals surface area contributed by atoms with Crippen LogP contribution in [0.15, 0.2) is 54.1 Å². The second kappa shape index (κ2) is 7.34. The molecule has 5 rings (SSSR count). The van der Waals surface area contributed by atoms with Crippen LogP contribution in [0.4, 0.5) is 5.69 Å². The lowest BCUT2D eigenvalue weighted by atomic mass is 9.85. The van der Waals surface area contributed by atoms with Crippen molar-refractivity contribution < 1.29 is 4.74 Å². The fraction of sp³-hybridized carbons (Fsp3) is 0.375. The number of benzene rings is 2. The maximum absolute atomic E-state index is 5.86. The number of thiocarbonyl (C=S) groups is 1. The largest absolute Gasteiger partial charge is 0.493 e. The van der Waals surface area contributed by atoms with Gasteiger partial charge in [0, 0.05) is 23.8 Å². The van der Waals surface area contributed by atoms with Gasteiger partial charge in [0.2, 0.25) is 0 Å². The molecule has 0 spiro atoms. The zero-order valence-corrected chi connectivity index (χ0v) is 17.1. The van der Waals surface area contributed by atoms with Crippen LogP contribution in [0.2, 0.25) is 0 Å². The quantitative estimate of drug-likeness (QED) is 0.559. The summed E-state index contributed by atoms with van der Waals surface area (Å²) in [6.07, 6.45) is 6.22. The Labute approximate surface area is 172 Å². The minimum atomic E-state index is 0.215. The van der Waals surface area contributed by atoms with E-state index in [4.69, 9.17) is 17.0 Å². The molecule has 0 aliphatic carbocycles. The molecule has 144 valence electrons. The zero-order valence-electron chi connectivity index (χ0n) is 16.3. The highest BCUT2D eigenvalue weighted by Gasteiger charge is 2.36. The molecule has 2 atom stereocenters.